The summed E-state index contributed by atoms with van der Waals surface area (Å²) in [5.74, 6) is 0.381. The number of piperidine rings is 1. The molecule has 0 aromatic heterocycles. The zero-order chi connectivity index (χ0) is 18.7. The second-order valence-electron chi connectivity index (χ2n) is 7.83. The Morgan fingerprint density at radius 3 is 2.31 bits per heavy atom. The normalized spacial score (nSPS) is 27.8. The molecule has 3 rings (SSSR count). The van der Waals surface area contributed by atoms with Gasteiger partial charge in [0.25, 0.3) is 5.91 Å². The molecular formula is C20H30N2O3S. The molecule has 1 amide bonds. The summed E-state index contributed by atoms with van der Waals surface area (Å²) in [7, 11) is -3.49. The first-order valence-electron chi connectivity index (χ1n) is 9.82. The van der Waals surface area contributed by atoms with Crippen LogP contribution in [0.5, 0.6) is 0 Å². The number of hydrogen-bond donors (Lipinski definition) is 1. The Labute approximate surface area is 157 Å². The van der Waals surface area contributed by atoms with Gasteiger partial charge in [-0.3, -0.25) is 4.79 Å². The lowest BCUT2D eigenvalue weighted by atomic mass is 9.86. The quantitative estimate of drug-likeness (QED) is 0.871. The minimum Gasteiger partial charge on any atom is -0.349 e. The third-order valence-corrected chi connectivity index (χ3v) is 7.92. The van der Waals surface area contributed by atoms with Crippen LogP contribution in [-0.4, -0.2) is 37.3 Å². The molecule has 5 nitrogen and oxygen atoms in total. The van der Waals surface area contributed by atoms with E-state index in [9.17, 15) is 13.2 Å². The number of nitrogens with zero attached hydrogens (tertiary/aromatic N) is 1. The van der Waals surface area contributed by atoms with E-state index in [4.69, 9.17) is 0 Å². The molecule has 1 heterocycles. The summed E-state index contributed by atoms with van der Waals surface area (Å²) in [5, 5.41) is 3.11. The van der Waals surface area contributed by atoms with Gasteiger partial charge in [0.05, 0.1) is 4.90 Å². The van der Waals surface area contributed by atoms with Gasteiger partial charge in [-0.1, -0.05) is 26.2 Å². The fourth-order valence-electron chi connectivity index (χ4n) is 4.12. The van der Waals surface area contributed by atoms with Gasteiger partial charge in [0, 0.05) is 24.2 Å². The largest absolute Gasteiger partial charge is 0.349 e. The van der Waals surface area contributed by atoms with Crippen molar-refractivity contribution in [2.45, 2.75) is 75.8 Å². The van der Waals surface area contributed by atoms with Crippen molar-refractivity contribution < 1.29 is 13.2 Å². The van der Waals surface area contributed by atoms with Crippen LogP contribution in [0.4, 0.5) is 0 Å². The van der Waals surface area contributed by atoms with Crippen LogP contribution < -0.4 is 5.32 Å². The van der Waals surface area contributed by atoms with Crippen LogP contribution in [-0.2, 0) is 10.0 Å². The maximum Gasteiger partial charge on any atom is 0.251 e. The number of carbonyl (C=O) groups excluding carboxylic acids is 1. The summed E-state index contributed by atoms with van der Waals surface area (Å²) in [6, 6.07) is 6.64. The number of nitrogens with one attached hydrogen (secondary N) is 1. The molecule has 1 N–H and O–H groups in total. The van der Waals surface area contributed by atoms with E-state index in [0.29, 0.717) is 18.0 Å². The molecule has 1 aromatic carbocycles. The van der Waals surface area contributed by atoms with Crippen LogP contribution in [0.1, 0.15) is 69.2 Å². The van der Waals surface area contributed by atoms with Crippen LogP contribution in [0.25, 0.3) is 0 Å². The third kappa shape index (κ3) is 4.12. The van der Waals surface area contributed by atoms with Crippen LogP contribution in [0.2, 0.25) is 0 Å². The third-order valence-electron chi connectivity index (χ3n) is 5.89. The maximum absolute atomic E-state index is 12.9. The van der Waals surface area contributed by atoms with E-state index in [2.05, 4.69) is 12.2 Å². The first-order chi connectivity index (χ1) is 12.4. The van der Waals surface area contributed by atoms with Gasteiger partial charge < -0.3 is 5.32 Å². The van der Waals surface area contributed by atoms with Crippen LogP contribution in [0.15, 0.2) is 29.2 Å². The van der Waals surface area contributed by atoms with E-state index in [0.717, 1.165) is 38.5 Å². The number of rotatable bonds is 4. The van der Waals surface area contributed by atoms with Crippen molar-refractivity contribution in [3.05, 3.63) is 29.8 Å². The lowest BCUT2D eigenvalue weighted by Gasteiger charge is -2.32. The predicted molar refractivity (Wildman–Crippen MR) is 103 cm³/mol. The molecule has 3 atom stereocenters. The first kappa shape index (κ1) is 19.4. The fourth-order valence-corrected chi connectivity index (χ4v) is 5.82. The average molecular weight is 379 g/mol. The smallest absolute Gasteiger partial charge is 0.251 e. The minimum atomic E-state index is -3.49. The zero-order valence-electron chi connectivity index (χ0n) is 15.8. The minimum absolute atomic E-state index is 0.0320. The van der Waals surface area contributed by atoms with E-state index in [-0.39, 0.29) is 22.9 Å². The summed E-state index contributed by atoms with van der Waals surface area (Å²) in [6.07, 6.45) is 7.44. The molecule has 0 radical (unpaired) electrons. The molecule has 6 heteroatoms. The highest BCUT2D eigenvalue weighted by molar-refractivity contribution is 7.89. The molecule has 2 aliphatic rings. The van der Waals surface area contributed by atoms with Crippen molar-refractivity contribution in [1.29, 1.82) is 0 Å². The van der Waals surface area contributed by atoms with Gasteiger partial charge >= 0.3 is 0 Å². The highest BCUT2D eigenvalue weighted by atomic mass is 32.2. The Morgan fingerprint density at radius 2 is 1.65 bits per heavy atom. The Kier molecular flexibility index (Phi) is 6.03. The van der Waals surface area contributed by atoms with E-state index in [1.165, 1.54) is 6.42 Å². The molecule has 0 bridgehead atoms. The Bertz CT molecular complexity index is 730. The van der Waals surface area contributed by atoms with Crippen LogP contribution in [0.3, 0.4) is 0 Å². The zero-order valence-corrected chi connectivity index (χ0v) is 16.6. The van der Waals surface area contributed by atoms with Crippen molar-refractivity contribution >= 4 is 15.9 Å². The van der Waals surface area contributed by atoms with Crippen molar-refractivity contribution in [2.75, 3.05) is 6.54 Å². The Balaban J connectivity index is 1.70. The number of hydrogen-bond acceptors (Lipinski definition) is 3. The van der Waals surface area contributed by atoms with Crippen molar-refractivity contribution in [3.8, 4) is 0 Å². The van der Waals surface area contributed by atoms with Gasteiger partial charge in [-0.2, -0.15) is 4.31 Å². The van der Waals surface area contributed by atoms with Gasteiger partial charge in [-0.15, -0.1) is 0 Å². The Hall–Kier alpha value is -1.40. The molecule has 1 aliphatic heterocycles. The highest BCUT2D eigenvalue weighted by Crippen LogP contribution is 2.26. The summed E-state index contributed by atoms with van der Waals surface area (Å²) in [5.41, 5.74) is 0.522. The first-order valence-corrected chi connectivity index (χ1v) is 11.3. The van der Waals surface area contributed by atoms with Gasteiger partial charge in [-0.05, 0) is 62.8 Å². The average Bonchev–Trinajstić information content (AvgIpc) is 2.64. The van der Waals surface area contributed by atoms with Gasteiger partial charge in [-0.25, -0.2) is 8.42 Å². The maximum atomic E-state index is 12.9. The Morgan fingerprint density at radius 1 is 1.00 bits per heavy atom. The second-order valence-corrected chi connectivity index (χ2v) is 9.72. The predicted octanol–water partition coefficient (Wildman–Crippen LogP) is 3.56. The van der Waals surface area contributed by atoms with Crippen LogP contribution >= 0.6 is 0 Å². The molecule has 2 fully saturated rings. The molecule has 1 saturated heterocycles. The van der Waals surface area contributed by atoms with Crippen molar-refractivity contribution in [2.24, 2.45) is 5.92 Å². The second kappa shape index (κ2) is 8.09. The molecule has 144 valence electrons. The van der Waals surface area contributed by atoms with Crippen molar-refractivity contribution in [3.63, 3.8) is 0 Å². The molecular weight excluding hydrogens is 348 g/mol. The molecule has 1 aliphatic carbocycles. The highest BCUT2D eigenvalue weighted by Gasteiger charge is 2.31. The SMILES string of the molecule is C[C@@H]1CCCC[C@@H]1NC(=O)c1ccc(S(=O)(=O)N2CCCC[C@H]2C)cc1. The molecule has 26 heavy (non-hydrogen) atoms. The van der Waals surface area contributed by atoms with E-state index in [1.807, 2.05) is 6.92 Å². The lowest BCUT2D eigenvalue weighted by Crippen LogP contribution is -2.42. The summed E-state index contributed by atoms with van der Waals surface area (Å²) >= 11 is 0. The topological polar surface area (TPSA) is 66.5 Å². The molecule has 1 saturated carbocycles. The monoisotopic (exact) mass is 378 g/mol. The summed E-state index contributed by atoms with van der Waals surface area (Å²) < 4.78 is 27.3. The lowest BCUT2D eigenvalue weighted by molar-refractivity contribution is 0.0910. The van der Waals surface area contributed by atoms with Crippen molar-refractivity contribution in [1.82, 2.24) is 9.62 Å². The van der Waals surface area contributed by atoms with E-state index >= 15 is 0 Å². The molecule has 0 spiro atoms. The standard InChI is InChI=1S/C20H30N2O3S/c1-15-7-3-4-9-19(15)21-20(23)17-10-12-18(13-11-17)26(24,25)22-14-6-5-8-16(22)2/h10-13,15-16,19H,3-9,14H2,1-2H3,(H,21,23)/t15-,16-,19+/m1/s1. The summed E-state index contributed by atoms with van der Waals surface area (Å²) in [4.78, 5) is 12.8. The van der Waals surface area contributed by atoms with Gasteiger partial charge in [0.2, 0.25) is 10.0 Å². The van der Waals surface area contributed by atoms with Gasteiger partial charge in [0.15, 0.2) is 0 Å². The molecule has 0 unspecified atom stereocenters. The molecule has 1 aromatic rings. The number of benzene rings is 1. The summed E-state index contributed by atoms with van der Waals surface area (Å²) in [6.45, 7) is 4.72. The van der Waals surface area contributed by atoms with Crippen LogP contribution in [0, 0.1) is 5.92 Å². The number of carbonyl (C=O) groups is 1. The number of sulfonamides is 1. The van der Waals surface area contributed by atoms with E-state index < -0.39 is 10.0 Å². The fraction of sp³-hybridized carbons (Fsp3) is 0.650. The van der Waals surface area contributed by atoms with E-state index in [1.54, 1.807) is 28.6 Å². The van der Waals surface area contributed by atoms with Gasteiger partial charge in [0.1, 0.15) is 0 Å². The number of amides is 1.